The molecule has 1 N–H and O–H groups in total. The zero-order valence-corrected chi connectivity index (χ0v) is 14.5. The first-order valence-electron chi connectivity index (χ1n) is 6.38. The molecule has 112 valence electrons. The number of halogens is 2. The van der Waals surface area contributed by atoms with Crippen molar-refractivity contribution in [3.8, 4) is 0 Å². The van der Waals surface area contributed by atoms with E-state index < -0.39 is 10.0 Å². The zero-order chi connectivity index (χ0) is 15.5. The van der Waals surface area contributed by atoms with Crippen molar-refractivity contribution in [3.63, 3.8) is 0 Å². The standard InChI is InChI=1S/C15H15BrClNO2S/c1-11(12-6-3-2-4-7-12)10-21(19,20)18-14-9-5-8-13(17)15(14)16/h2-9,11,18H,10H2,1H3. The fraction of sp³-hybridized carbons (Fsp3) is 0.200. The monoisotopic (exact) mass is 387 g/mol. The number of rotatable bonds is 5. The molecule has 0 heterocycles. The third-order valence-electron chi connectivity index (χ3n) is 3.06. The van der Waals surface area contributed by atoms with E-state index in [1.807, 2.05) is 37.3 Å². The smallest absolute Gasteiger partial charge is 0.233 e. The van der Waals surface area contributed by atoms with E-state index in [9.17, 15) is 8.42 Å². The summed E-state index contributed by atoms with van der Waals surface area (Å²) in [5.41, 5.74) is 1.44. The molecule has 2 rings (SSSR count). The van der Waals surface area contributed by atoms with E-state index >= 15 is 0 Å². The van der Waals surface area contributed by atoms with Crippen molar-refractivity contribution in [1.82, 2.24) is 0 Å². The van der Waals surface area contributed by atoms with Crippen molar-refractivity contribution < 1.29 is 8.42 Å². The van der Waals surface area contributed by atoms with Crippen LogP contribution in [0.25, 0.3) is 0 Å². The number of sulfonamides is 1. The van der Waals surface area contributed by atoms with Crippen molar-refractivity contribution in [2.24, 2.45) is 0 Å². The molecule has 0 radical (unpaired) electrons. The molecule has 3 nitrogen and oxygen atoms in total. The molecule has 0 aliphatic rings. The van der Waals surface area contributed by atoms with Gasteiger partial charge in [-0.1, -0.05) is 54.9 Å². The van der Waals surface area contributed by atoms with Crippen molar-refractivity contribution in [1.29, 1.82) is 0 Å². The van der Waals surface area contributed by atoms with E-state index in [-0.39, 0.29) is 11.7 Å². The summed E-state index contributed by atoms with van der Waals surface area (Å²) >= 11 is 9.25. The van der Waals surface area contributed by atoms with Crippen LogP contribution < -0.4 is 4.72 Å². The van der Waals surface area contributed by atoms with Gasteiger partial charge in [-0.2, -0.15) is 0 Å². The molecule has 1 unspecified atom stereocenters. The van der Waals surface area contributed by atoms with E-state index in [0.29, 0.717) is 15.2 Å². The molecule has 0 aliphatic carbocycles. The van der Waals surface area contributed by atoms with E-state index in [4.69, 9.17) is 11.6 Å². The van der Waals surface area contributed by atoms with Crippen LogP contribution in [0.5, 0.6) is 0 Å². The van der Waals surface area contributed by atoms with E-state index in [2.05, 4.69) is 20.7 Å². The normalized spacial score (nSPS) is 12.9. The van der Waals surface area contributed by atoms with Gasteiger partial charge in [0.25, 0.3) is 0 Å². The van der Waals surface area contributed by atoms with Gasteiger partial charge in [-0.25, -0.2) is 8.42 Å². The molecule has 0 saturated carbocycles. The van der Waals surface area contributed by atoms with Crippen LogP contribution in [0, 0.1) is 0 Å². The maximum Gasteiger partial charge on any atom is 0.233 e. The van der Waals surface area contributed by atoms with Crippen LogP contribution in [-0.4, -0.2) is 14.2 Å². The first kappa shape index (κ1) is 16.3. The van der Waals surface area contributed by atoms with Crippen molar-refractivity contribution in [3.05, 3.63) is 63.6 Å². The van der Waals surface area contributed by atoms with Crippen LogP contribution >= 0.6 is 27.5 Å². The van der Waals surface area contributed by atoms with Gasteiger partial charge in [0, 0.05) is 0 Å². The Labute approximate surface area is 138 Å². The molecule has 2 aromatic carbocycles. The number of hydrogen-bond donors (Lipinski definition) is 1. The third kappa shape index (κ3) is 4.46. The van der Waals surface area contributed by atoms with Crippen LogP contribution in [0.4, 0.5) is 5.69 Å². The highest BCUT2D eigenvalue weighted by Gasteiger charge is 2.18. The minimum Gasteiger partial charge on any atom is -0.282 e. The fourth-order valence-corrected chi connectivity index (χ4v) is 4.11. The van der Waals surface area contributed by atoms with E-state index in [1.165, 1.54) is 0 Å². The highest BCUT2D eigenvalue weighted by atomic mass is 79.9. The minimum atomic E-state index is -3.46. The maximum absolute atomic E-state index is 12.3. The summed E-state index contributed by atoms with van der Waals surface area (Å²) in [5.74, 6) is -0.0858. The lowest BCUT2D eigenvalue weighted by Crippen LogP contribution is -2.20. The van der Waals surface area contributed by atoms with E-state index in [1.54, 1.807) is 18.2 Å². The largest absolute Gasteiger partial charge is 0.282 e. The highest BCUT2D eigenvalue weighted by Crippen LogP contribution is 2.31. The summed E-state index contributed by atoms with van der Waals surface area (Å²) < 4.78 is 27.7. The van der Waals surface area contributed by atoms with Gasteiger partial charge in [0.2, 0.25) is 10.0 Å². The lowest BCUT2D eigenvalue weighted by molar-refractivity contribution is 0.595. The maximum atomic E-state index is 12.3. The lowest BCUT2D eigenvalue weighted by Gasteiger charge is -2.15. The summed E-state index contributed by atoms with van der Waals surface area (Å²) in [4.78, 5) is 0. The minimum absolute atomic E-state index is 0.00989. The Morgan fingerprint density at radius 2 is 1.81 bits per heavy atom. The summed E-state index contributed by atoms with van der Waals surface area (Å²) in [6, 6.07) is 14.6. The molecule has 0 aromatic heterocycles. The van der Waals surface area contributed by atoms with Crippen molar-refractivity contribution >= 4 is 43.2 Å². The Kier molecular flexibility index (Phi) is 5.30. The zero-order valence-electron chi connectivity index (χ0n) is 11.4. The van der Waals surface area contributed by atoms with Crippen LogP contribution in [0.15, 0.2) is 53.0 Å². The lowest BCUT2D eigenvalue weighted by atomic mass is 10.0. The average molecular weight is 389 g/mol. The summed E-state index contributed by atoms with van der Waals surface area (Å²) in [5, 5.41) is 0.464. The average Bonchev–Trinajstić information content (AvgIpc) is 2.44. The van der Waals surface area contributed by atoms with Crippen molar-refractivity contribution in [2.75, 3.05) is 10.5 Å². The van der Waals surface area contributed by atoms with Gasteiger partial charge in [-0.15, -0.1) is 0 Å². The van der Waals surface area contributed by atoms with Gasteiger partial charge in [-0.3, -0.25) is 4.72 Å². The summed E-state index contributed by atoms with van der Waals surface area (Å²) in [6.07, 6.45) is 0. The Hall–Kier alpha value is -1.04. The molecule has 21 heavy (non-hydrogen) atoms. The first-order valence-corrected chi connectivity index (χ1v) is 9.21. The molecular formula is C15H15BrClNO2S. The molecule has 1 atom stereocenters. The summed E-state index contributed by atoms with van der Waals surface area (Å²) in [6.45, 7) is 1.89. The predicted octanol–water partition coefficient (Wildman–Crippen LogP) is 4.65. The van der Waals surface area contributed by atoms with Gasteiger partial charge in [0.05, 0.1) is 20.9 Å². The number of nitrogens with one attached hydrogen (secondary N) is 1. The number of anilines is 1. The molecule has 0 fully saturated rings. The van der Waals surface area contributed by atoms with E-state index in [0.717, 1.165) is 5.56 Å². The van der Waals surface area contributed by atoms with Gasteiger partial charge < -0.3 is 0 Å². The quantitative estimate of drug-likeness (QED) is 0.810. The fourth-order valence-electron chi connectivity index (χ4n) is 2.00. The SMILES string of the molecule is CC(CS(=O)(=O)Nc1cccc(Cl)c1Br)c1ccccc1. The first-order chi connectivity index (χ1) is 9.89. The number of benzene rings is 2. The molecular weight excluding hydrogens is 374 g/mol. The van der Waals surface area contributed by atoms with Crippen LogP contribution in [-0.2, 0) is 10.0 Å². The molecule has 0 bridgehead atoms. The Morgan fingerprint density at radius 3 is 2.48 bits per heavy atom. The summed E-state index contributed by atoms with van der Waals surface area (Å²) in [7, 11) is -3.46. The second-order valence-electron chi connectivity index (χ2n) is 4.80. The Bertz CT molecular complexity index is 720. The van der Waals surface area contributed by atoms with Crippen LogP contribution in [0.2, 0.25) is 5.02 Å². The topological polar surface area (TPSA) is 46.2 Å². The van der Waals surface area contributed by atoms with Crippen molar-refractivity contribution in [2.45, 2.75) is 12.8 Å². The second-order valence-corrected chi connectivity index (χ2v) is 7.76. The highest BCUT2D eigenvalue weighted by molar-refractivity contribution is 9.10. The molecule has 0 amide bonds. The second kappa shape index (κ2) is 6.81. The molecule has 6 heteroatoms. The Balaban J connectivity index is 2.14. The Morgan fingerprint density at radius 1 is 1.14 bits per heavy atom. The van der Waals surface area contributed by atoms with Gasteiger partial charge in [-0.05, 0) is 39.5 Å². The molecule has 0 aliphatic heterocycles. The van der Waals surface area contributed by atoms with Gasteiger partial charge >= 0.3 is 0 Å². The molecule has 0 spiro atoms. The number of hydrogen-bond acceptors (Lipinski definition) is 2. The molecule has 2 aromatic rings. The van der Waals surface area contributed by atoms with Gasteiger partial charge in [0.15, 0.2) is 0 Å². The van der Waals surface area contributed by atoms with Gasteiger partial charge in [0.1, 0.15) is 0 Å². The van der Waals surface area contributed by atoms with Crippen LogP contribution in [0.1, 0.15) is 18.4 Å². The predicted molar refractivity (Wildman–Crippen MR) is 91.4 cm³/mol. The molecule has 0 saturated heterocycles. The van der Waals surface area contributed by atoms with Crippen LogP contribution in [0.3, 0.4) is 0 Å². The third-order valence-corrected chi connectivity index (χ3v) is 5.92.